The van der Waals surface area contributed by atoms with E-state index in [1.165, 1.54) is 18.0 Å². The summed E-state index contributed by atoms with van der Waals surface area (Å²) in [5.74, 6) is 1.06. The number of aryl methyl sites for hydroxylation is 1. The standard InChI is InChI=1S/C25H26N6O3S/c1-17-3-5-19(6-4-17)31-23-21(15-26-31)24(33)28-25(27-23)35-16-22(32)30-13-11-29(12-14-30)18-7-9-20(34-2)10-8-18/h3-10,15H,11-14,16H2,1-2H3,(H,27,28,33). The van der Waals surface area contributed by atoms with Crippen LogP contribution in [0.5, 0.6) is 5.75 Å². The van der Waals surface area contributed by atoms with E-state index in [0.29, 0.717) is 29.3 Å². The molecule has 10 heteroatoms. The van der Waals surface area contributed by atoms with E-state index in [9.17, 15) is 9.59 Å². The molecule has 35 heavy (non-hydrogen) atoms. The van der Waals surface area contributed by atoms with Gasteiger partial charge < -0.3 is 19.5 Å². The fraction of sp³-hybridized carbons (Fsp3) is 0.280. The molecule has 0 spiro atoms. The van der Waals surface area contributed by atoms with Gasteiger partial charge in [0.05, 0.1) is 24.7 Å². The quantitative estimate of drug-likeness (QED) is 0.328. The first kappa shape index (κ1) is 23.0. The molecule has 5 rings (SSSR count). The second kappa shape index (κ2) is 9.83. The van der Waals surface area contributed by atoms with Gasteiger partial charge in [0.2, 0.25) is 5.91 Å². The van der Waals surface area contributed by atoms with Crippen LogP contribution in [-0.4, -0.2) is 69.6 Å². The number of benzene rings is 2. The number of carbonyl (C=O) groups is 1. The average molecular weight is 491 g/mol. The largest absolute Gasteiger partial charge is 0.497 e. The highest BCUT2D eigenvalue weighted by atomic mass is 32.2. The normalized spacial score (nSPS) is 13.9. The third kappa shape index (κ3) is 4.88. The number of anilines is 1. The number of fused-ring (bicyclic) bond motifs is 1. The minimum absolute atomic E-state index is 0.0270. The van der Waals surface area contributed by atoms with E-state index in [2.05, 4.69) is 20.0 Å². The van der Waals surface area contributed by atoms with Crippen molar-refractivity contribution in [3.8, 4) is 11.4 Å². The van der Waals surface area contributed by atoms with Crippen LogP contribution in [-0.2, 0) is 4.79 Å². The number of aromatic amines is 1. The Morgan fingerprint density at radius 2 is 1.71 bits per heavy atom. The maximum absolute atomic E-state index is 12.8. The molecule has 0 bridgehead atoms. The van der Waals surface area contributed by atoms with Crippen LogP contribution in [0.25, 0.3) is 16.7 Å². The molecule has 4 aromatic rings. The van der Waals surface area contributed by atoms with Gasteiger partial charge in [-0.25, -0.2) is 9.67 Å². The first-order valence-corrected chi connectivity index (χ1v) is 12.3. The molecular formula is C25H26N6O3S. The van der Waals surface area contributed by atoms with Crippen LogP contribution in [0.15, 0.2) is 64.7 Å². The topological polar surface area (TPSA) is 96.3 Å². The lowest BCUT2D eigenvalue weighted by atomic mass is 10.2. The summed E-state index contributed by atoms with van der Waals surface area (Å²) in [6.07, 6.45) is 1.52. The zero-order valence-electron chi connectivity index (χ0n) is 19.6. The number of aromatic nitrogens is 4. The summed E-state index contributed by atoms with van der Waals surface area (Å²) in [6, 6.07) is 15.8. The number of hydrogen-bond acceptors (Lipinski definition) is 7. The number of hydrogen-bond donors (Lipinski definition) is 1. The number of thioether (sulfide) groups is 1. The molecule has 0 radical (unpaired) electrons. The Kier molecular flexibility index (Phi) is 6.45. The molecule has 1 N–H and O–H groups in total. The maximum Gasteiger partial charge on any atom is 0.262 e. The summed E-state index contributed by atoms with van der Waals surface area (Å²) in [5.41, 5.74) is 3.28. The summed E-state index contributed by atoms with van der Waals surface area (Å²) in [6.45, 7) is 4.83. The Morgan fingerprint density at radius 1 is 1.03 bits per heavy atom. The van der Waals surface area contributed by atoms with Crippen molar-refractivity contribution in [1.29, 1.82) is 0 Å². The molecule has 180 valence electrons. The minimum Gasteiger partial charge on any atom is -0.497 e. The number of piperazine rings is 1. The Bertz CT molecular complexity index is 1390. The van der Waals surface area contributed by atoms with Gasteiger partial charge in [-0.2, -0.15) is 5.10 Å². The summed E-state index contributed by atoms with van der Waals surface area (Å²) >= 11 is 1.24. The number of carbonyl (C=O) groups excluding carboxylic acids is 1. The van der Waals surface area contributed by atoms with Gasteiger partial charge in [0, 0.05) is 31.9 Å². The van der Waals surface area contributed by atoms with Crippen molar-refractivity contribution in [3.63, 3.8) is 0 Å². The Balaban J connectivity index is 1.23. The predicted octanol–water partition coefficient (Wildman–Crippen LogP) is 2.87. The molecule has 0 saturated carbocycles. The molecule has 1 fully saturated rings. The van der Waals surface area contributed by atoms with Crippen LogP contribution in [0.2, 0.25) is 0 Å². The van der Waals surface area contributed by atoms with Gasteiger partial charge in [0.15, 0.2) is 10.8 Å². The third-order valence-corrected chi connectivity index (χ3v) is 6.96. The predicted molar refractivity (Wildman–Crippen MR) is 137 cm³/mol. The van der Waals surface area contributed by atoms with Crippen molar-refractivity contribution in [2.24, 2.45) is 0 Å². The fourth-order valence-corrected chi connectivity index (χ4v) is 4.83. The number of methoxy groups -OCH3 is 1. The number of amides is 1. The highest BCUT2D eigenvalue weighted by molar-refractivity contribution is 7.99. The molecule has 2 aromatic heterocycles. The van der Waals surface area contributed by atoms with Gasteiger partial charge in [-0.15, -0.1) is 0 Å². The molecule has 3 heterocycles. The van der Waals surface area contributed by atoms with E-state index >= 15 is 0 Å². The van der Waals surface area contributed by atoms with E-state index in [0.717, 1.165) is 35.8 Å². The van der Waals surface area contributed by atoms with E-state index in [1.807, 2.05) is 60.4 Å². The second-order valence-electron chi connectivity index (χ2n) is 8.35. The van der Waals surface area contributed by atoms with E-state index in [1.54, 1.807) is 11.8 Å². The first-order chi connectivity index (χ1) is 17.0. The van der Waals surface area contributed by atoms with E-state index in [-0.39, 0.29) is 17.2 Å². The van der Waals surface area contributed by atoms with Gasteiger partial charge in [-0.3, -0.25) is 9.59 Å². The van der Waals surface area contributed by atoms with Crippen molar-refractivity contribution in [1.82, 2.24) is 24.6 Å². The number of H-pyrrole nitrogens is 1. The van der Waals surface area contributed by atoms with E-state index in [4.69, 9.17) is 4.74 Å². The van der Waals surface area contributed by atoms with Crippen molar-refractivity contribution in [2.75, 3.05) is 43.9 Å². The monoisotopic (exact) mass is 490 g/mol. The number of nitrogens with one attached hydrogen (secondary N) is 1. The highest BCUT2D eigenvalue weighted by Gasteiger charge is 2.22. The zero-order valence-corrected chi connectivity index (χ0v) is 20.4. The van der Waals surface area contributed by atoms with Crippen molar-refractivity contribution in [3.05, 3.63) is 70.6 Å². The molecule has 0 unspecified atom stereocenters. The molecular weight excluding hydrogens is 464 g/mol. The Morgan fingerprint density at radius 3 is 2.40 bits per heavy atom. The molecule has 1 aliphatic rings. The zero-order chi connectivity index (χ0) is 24.4. The molecule has 9 nitrogen and oxygen atoms in total. The second-order valence-corrected chi connectivity index (χ2v) is 9.32. The highest BCUT2D eigenvalue weighted by Crippen LogP contribution is 2.22. The van der Waals surface area contributed by atoms with Crippen LogP contribution in [0, 0.1) is 6.92 Å². The van der Waals surface area contributed by atoms with E-state index < -0.39 is 0 Å². The SMILES string of the molecule is COc1ccc(N2CCN(C(=O)CSc3nc4c(cnn4-c4ccc(C)cc4)c(=O)[nH]3)CC2)cc1. The van der Waals surface area contributed by atoms with Gasteiger partial charge in [0.25, 0.3) is 5.56 Å². The van der Waals surface area contributed by atoms with Gasteiger partial charge in [-0.1, -0.05) is 29.5 Å². The summed E-state index contributed by atoms with van der Waals surface area (Å²) in [5, 5.41) is 5.16. The molecule has 0 aliphatic carbocycles. The maximum atomic E-state index is 12.8. The summed E-state index contributed by atoms with van der Waals surface area (Å²) in [4.78, 5) is 36.9. The lowest BCUT2D eigenvalue weighted by Crippen LogP contribution is -2.49. The Labute approximate surface area is 206 Å². The smallest absolute Gasteiger partial charge is 0.262 e. The molecule has 1 aliphatic heterocycles. The number of ether oxygens (including phenoxy) is 1. The number of nitrogens with zero attached hydrogens (tertiary/aromatic N) is 5. The fourth-order valence-electron chi connectivity index (χ4n) is 4.07. The van der Waals surface area contributed by atoms with Gasteiger partial charge in [0.1, 0.15) is 11.1 Å². The molecule has 1 saturated heterocycles. The van der Waals surface area contributed by atoms with Crippen LogP contribution in [0.4, 0.5) is 5.69 Å². The van der Waals surface area contributed by atoms with Crippen LogP contribution < -0.4 is 15.2 Å². The summed E-state index contributed by atoms with van der Waals surface area (Å²) in [7, 11) is 1.65. The summed E-state index contributed by atoms with van der Waals surface area (Å²) < 4.78 is 6.87. The third-order valence-electron chi connectivity index (χ3n) is 6.10. The molecule has 1 amide bonds. The molecule has 0 atom stereocenters. The number of rotatable bonds is 6. The van der Waals surface area contributed by atoms with Crippen LogP contribution >= 0.6 is 11.8 Å². The van der Waals surface area contributed by atoms with Crippen molar-refractivity contribution < 1.29 is 9.53 Å². The van der Waals surface area contributed by atoms with Crippen LogP contribution in [0.3, 0.4) is 0 Å². The van der Waals surface area contributed by atoms with Crippen LogP contribution in [0.1, 0.15) is 5.56 Å². The van der Waals surface area contributed by atoms with Crippen molar-refractivity contribution >= 4 is 34.4 Å². The van der Waals surface area contributed by atoms with Gasteiger partial charge in [-0.05, 0) is 43.3 Å². The minimum atomic E-state index is -0.267. The van der Waals surface area contributed by atoms with Gasteiger partial charge >= 0.3 is 0 Å². The lowest BCUT2D eigenvalue weighted by molar-refractivity contribution is -0.128. The first-order valence-electron chi connectivity index (χ1n) is 11.4. The lowest BCUT2D eigenvalue weighted by Gasteiger charge is -2.36. The van der Waals surface area contributed by atoms with Crippen molar-refractivity contribution in [2.45, 2.75) is 12.1 Å². The Hall–Kier alpha value is -3.79. The average Bonchev–Trinajstić information content (AvgIpc) is 3.32. The molecule has 2 aromatic carbocycles.